The third-order valence-electron chi connectivity index (χ3n) is 5.71. The lowest BCUT2D eigenvalue weighted by Gasteiger charge is -2.47. The van der Waals surface area contributed by atoms with Crippen LogP contribution in [0.3, 0.4) is 0 Å². The molecular weight excluding hydrogens is 362 g/mol. The minimum atomic E-state index is -0.413. The summed E-state index contributed by atoms with van der Waals surface area (Å²) in [6, 6.07) is 7.55. The standard InChI is InChI=1S/C18H19N7O3/c1-23-17(28)19-14(22-23)16(27)24-7-6-18(8-24)9-25(10-18)15(26)13-11-4-2-3-5-12(11)20-21-13/h2-5H,6-10H2,1H3,(H,20,21)(H,19,22,28). The first-order chi connectivity index (χ1) is 13.5. The van der Waals surface area contributed by atoms with Crippen molar-refractivity contribution in [2.45, 2.75) is 6.42 Å². The average Bonchev–Trinajstić information content (AvgIpc) is 3.37. The molecule has 28 heavy (non-hydrogen) atoms. The fraction of sp³-hybridized carbons (Fsp3) is 0.389. The van der Waals surface area contributed by atoms with Gasteiger partial charge in [-0.1, -0.05) is 18.2 Å². The predicted octanol–water partition coefficient (Wildman–Crippen LogP) is -0.0270. The topological polar surface area (TPSA) is 120 Å². The van der Waals surface area contributed by atoms with E-state index in [4.69, 9.17) is 0 Å². The summed E-state index contributed by atoms with van der Waals surface area (Å²) in [7, 11) is 1.50. The van der Waals surface area contributed by atoms with Gasteiger partial charge in [-0.2, -0.15) is 5.10 Å². The highest BCUT2D eigenvalue weighted by atomic mass is 16.2. The number of fused-ring (bicyclic) bond motifs is 1. The van der Waals surface area contributed by atoms with Gasteiger partial charge in [0.15, 0.2) is 5.69 Å². The summed E-state index contributed by atoms with van der Waals surface area (Å²) in [4.78, 5) is 42.9. The molecule has 4 heterocycles. The lowest BCUT2D eigenvalue weighted by molar-refractivity contribution is 0.0106. The van der Waals surface area contributed by atoms with Crippen molar-refractivity contribution in [3.63, 3.8) is 0 Å². The molecule has 0 atom stereocenters. The molecule has 1 aromatic carbocycles. The van der Waals surface area contributed by atoms with E-state index in [-0.39, 0.29) is 23.1 Å². The molecule has 0 aliphatic carbocycles. The number of H-pyrrole nitrogens is 2. The van der Waals surface area contributed by atoms with Gasteiger partial charge in [0.1, 0.15) is 0 Å². The van der Waals surface area contributed by atoms with Crippen LogP contribution in [0.1, 0.15) is 27.5 Å². The molecule has 144 valence electrons. The van der Waals surface area contributed by atoms with Gasteiger partial charge in [0.2, 0.25) is 5.82 Å². The Bertz CT molecular complexity index is 1150. The monoisotopic (exact) mass is 381 g/mol. The number of carbonyl (C=O) groups excluding carboxylic acids is 2. The number of aromatic nitrogens is 5. The second-order valence-electron chi connectivity index (χ2n) is 7.66. The molecule has 1 spiro atoms. The molecule has 0 saturated carbocycles. The number of aryl methyl sites for hydroxylation is 1. The third-order valence-corrected chi connectivity index (χ3v) is 5.71. The number of benzene rings is 1. The second-order valence-corrected chi connectivity index (χ2v) is 7.66. The number of hydrogen-bond donors (Lipinski definition) is 2. The highest BCUT2D eigenvalue weighted by Gasteiger charge is 2.51. The second kappa shape index (κ2) is 5.78. The summed E-state index contributed by atoms with van der Waals surface area (Å²) >= 11 is 0. The summed E-state index contributed by atoms with van der Waals surface area (Å²) in [6.45, 7) is 2.32. The lowest BCUT2D eigenvalue weighted by atomic mass is 9.79. The molecule has 3 aromatic rings. The van der Waals surface area contributed by atoms with E-state index in [1.165, 1.54) is 7.05 Å². The number of amides is 2. The Balaban J connectivity index is 1.27. The molecule has 2 aromatic heterocycles. The van der Waals surface area contributed by atoms with Crippen molar-refractivity contribution in [1.29, 1.82) is 0 Å². The number of rotatable bonds is 2. The van der Waals surface area contributed by atoms with E-state index in [2.05, 4.69) is 20.3 Å². The predicted molar refractivity (Wildman–Crippen MR) is 98.8 cm³/mol. The van der Waals surface area contributed by atoms with E-state index in [1.807, 2.05) is 24.3 Å². The van der Waals surface area contributed by atoms with Crippen LogP contribution in [0.2, 0.25) is 0 Å². The fourth-order valence-corrected chi connectivity index (χ4v) is 4.20. The summed E-state index contributed by atoms with van der Waals surface area (Å²) in [5.41, 5.74) is 0.765. The Hall–Kier alpha value is -3.43. The van der Waals surface area contributed by atoms with Crippen molar-refractivity contribution in [3.05, 3.63) is 46.3 Å². The number of carbonyl (C=O) groups is 2. The Morgan fingerprint density at radius 2 is 1.86 bits per heavy atom. The number of nitrogens with zero attached hydrogens (tertiary/aromatic N) is 5. The first-order valence-electron chi connectivity index (χ1n) is 9.11. The van der Waals surface area contributed by atoms with Crippen LogP contribution in [-0.2, 0) is 7.05 Å². The van der Waals surface area contributed by atoms with Crippen molar-refractivity contribution >= 4 is 22.7 Å². The average molecular weight is 381 g/mol. The number of likely N-dealkylation sites (tertiary alicyclic amines) is 2. The molecule has 2 amide bonds. The molecule has 10 nitrogen and oxygen atoms in total. The van der Waals surface area contributed by atoms with Gasteiger partial charge in [-0.3, -0.25) is 19.7 Å². The molecule has 2 N–H and O–H groups in total. The Kier molecular flexibility index (Phi) is 3.45. The van der Waals surface area contributed by atoms with Crippen LogP contribution in [0.15, 0.2) is 29.1 Å². The lowest BCUT2D eigenvalue weighted by Crippen LogP contribution is -2.59. The van der Waals surface area contributed by atoms with Gasteiger partial charge in [-0.05, 0) is 12.5 Å². The minimum absolute atomic E-state index is 0.0554. The highest BCUT2D eigenvalue weighted by Crippen LogP contribution is 2.40. The first-order valence-corrected chi connectivity index (χ1v) is 9.11. The zero-order valence-electron chi connectivity index (χ0n) is 15.3. The van der Waals surface area contributed by atoms with Crippen LogP contribution in [0.4, 0.5) is 0 Å². The van der Waals surface area contributed by atoms with Crippen molar-refractivity contribution in [1.82, 2.24) is 34.8 Å². The van der Waals surface area contributed by atoms with E-state index in [1.54, 1.807) is 9.80 Å². The largest absolute Gasteiger partial charge is 0.343 e. The van der Waals surface area contributed by atoms with Crippen molar-refractivity contribution in [3.8, 4) is 0 Å². The van der Waals surface area contributed by atoms with Crippen LogP contribution in [0.5, 0.6) is 0 Å². The Labute approximate surface area is 159 Å². The SMILES string of the molecule is Cn1nc(C(=O)N2CCC3(C2)CN(C(=O)c2n[nH]c4ccccc24)C3)[nH]c1=O. The Morgan fingerprint density at radius 1 is 1.11 bits per heavy atom. The molecular formula is C18H19N7O3. The summed E-state index contributed by atoms with van der Waals surface area (Å²) in [5, 5.41) is 11.8. The number of nitrogens with one attached hydrogen (secondary N) is 2. The first kappa shape index (κ1) is 16.7. The number of para-hydroxylation sites is 1. The van der Waals surface area contributed by atoms with Gasteiger partial charge in [0, 0.05) is 44.0 Å². The summed E-state index contributed by atoms with van der Waals surface area (Å²) in [5.74, 6) is -0.320. The zero-order chi connectivity index (χ0) is 19.5. The zero-order valence-corrected chi connectivity index (χ0v) is 15.3. The van der Waals surface area contributed by atoms with E-state index < -0.39 is 5.69 Å². The smallest absolute Gasteiger partial charge is 0.336 e. The molecule has 0 radical (unpaired) electrons. The normalized spacial score (nSPS) is 18.0. The number of aromatic amines is 2. The van der Waals surface area contributed by atoms with Gasteiger partial charge >= 0.3 is 5.69 Å². The van der Waals surface area contributed by atoms with Crippen LogP contribution >= 0.6 is 0 Å². The molecule has 0 bridgehead atoms. The maximum atomic E-state index is 12.8. The molecule has 2 fully saturated rings. The van der Waals surface area contributed by atoms with Crippen molar-refractivity contribution < 1.29 is 9.59 Å². The van der Waals surface area contributed by atoms with Gasteiger partial charge in [0.05, 0.1) is 5.52 Å². The number of hydrogen-bond acceptors (Lipinski definition) is 5. The maximum absolute atomic E-state index is 12.8. The molecule has 2 aliphatic heterocycles. The van der Waals surface area contributed by atoms with E-state index in [0.29, 0.717) is 31.9 Å². The minimum Gasteiger partial charge on any atom is -0.336 e. The van der Waals surface area contributed by atoms with Gasteiger partial charge in [0.25, 0.3) is 11.8 Å². The van der Waals surface area contributed by atoms with Gasteiger partial charge in [-0.25, -0.2) is 9.48 Å². The Morgan fingerprint density at radius 3 is 2.61 bits per heavy atom. The summed E-state index contributed by atoms with van der Waals surface area (Å²) < 4.78 is 1.11. The summed E-state index contributed by atoms with van der Waals surface area (Å²) in [6.07, 6.45) is 0.820. The molecule has 5 rings (SSSR count). The van der Waals surface area contributed by atoms with Gasteiger partial charge < -0.3 is 9.80 Å². The molecule has 2 aliphatic rings. The van der Waals surface area contributed by atoms with E-state index >= 15 is 0 Å². The quantitative estimate of drug-likeness (QED) is 0.646. The molecule has 2 saturated heterocycles. The molecule has 10 heteroatoms. The van der Waals surface area contributed by atoms with Gasteiger partial charge in [-0.15, -0.1) is 5.10 Å². The van der Waals surface area contributed by atoms with Crippen LogP contribution < -0.4 is 5.69 Å². The maximum Gasteiger partial charge on any atom is 0.343 e. The third kappa shape index (κ3) is 2.44. The van der Waals surface area contributed by atoms with Crippen LogP contribution in [-0.4, -0.2) is 72.8 Å². The fourth-order valence-electron chi connectivity index (χ4n) is 4.20. The van der Waals surface area contributed by atoms with E-state index in [0.717, 1.165) is 22.0 Å². The highest BCUT2D eigenvalue weighted by molar-refractivity contribution is 6.05. The van der Waals surface area contributed by atoms with Crippen LogP contribution in [0.25, 0.3) is 10.9 Å². The van der Waals surface area contributed by atoms with Crippen molar-refractivity contribution in [2.75, 3.05) is 26.2 Å². The van der Waals surface area contributed by atoms with Crippen LogP contribution in [0, 0.1) is 5.41 Å². The molecule has 0 unspecified atom stereocenters. The van der Waals surface area contributed by atoms with Crippen molar-refractivity contribution in [2.24, 2.45) is 12.5 Å². The van der Waals surface area contributed by atoms with E-state index in [9.17, 15) is 14.4 Å².